The lowest BCUT2D eigenvalue weighted by Crippen LogP contribution is -2.55. The number of esters is 1. The van der Waals surface area contributed by atoms with Gasteiger partial charge in [-0.1, -0.05) is 24.3 Å². The summed E-state index contributed by atoms with van der Waals surface area (Å²) in [6, 6.07) is 5.31. The lowest BCUT2D eigenvalue weighted by Gasteiger charge is -2.38. The molecule has 0 aliphatic carbocycles. The minimum absolute atomic E-state index is 0.00195. The molecule has 0 saturated carbocycles. The van der Waals surface area contributed by atoms with E-state index in [1.54, 1.807) is 34.6 Å². The smallest absolute Gasteiger partial charge is 0.310 e. The minimum atomic E-state index is -0.655. The maximum atomic E-state index is 14.5. The number of aliphatic hydroxyl groups excluding tert-OH is 1. The van der Waals surface area contributed by atoms with Crippen molar-refractivity contribution in [1.82, 2.24) is 4.90 Å². The Bertz CT molecular complexity index is 1010. The van der Waals surface area contributed by atoms with Crippen LogP contribution in [0.25, 0.3) is 0 Å². The van der Waals surface area contributed by atoms with Gasteiger partial charge in [0.15, 0.2) is 0 Å². The first-order valence-electron chi connectivity index (χ1n) is 13.1. The number of para-hydroxylation sites is 1. The average molecular weight is 515 g/mol. The lowest BCUT2D eigenvalue weighted by atomic mass is 9.71. The van der Waals surface area contributed by atoms with Crippen LogP contribution in [0.4, 0.5) is 5.69 Å². The number of likely N-dealkylation sites (tertiary alicyclic amines) is 1. The van der Waals surface area contributed by atoms with Gasteiger partial charge < -0.3 is 19.6 Å². The number of ether oxygens (including phenoxy) is 1. The number of nitrogens with zero attached hydrogens (tertiary/aromatic N) is 2. The van der Waals surface area contributed by atoms with Crippen LogP contribution in [0.1, 0.15) is 50.2 Å². The molecule has 7 nitrogen and oxygen atoms in total. The van der Waals surface area contributed by atoms with Crippen LogP contribution >= 0.6 is 11.8 Å². The van der Waals surface area contributed by atoms with Crippen molar-refractivity contribution in [3.8, 4) is 0 Å². The molecular weight excluding hydrogens is 476 g/mol. The molecule has 0 radical (unpaired) electrons. The Labute approximate surface area is 218 Å². The lowest BCUT2D eigenvalue weighted by molar-refractivity contribution is -0.153. The van der Waals surface area contributed by atoms with E-state index in [0.717, 1.165) is 36.1 Å². The van der Waals surface area contributed by atoms with Gasteiger partial charge >= 0.3 is 5.97 Å². The number of hydrogen-bond donors (Lipinski definition) is 1. The second-order valence-corrected chi connectivity index (χ2v) is 11.7. The maximum Gasteiger partial charge on any atom is 0.310 e. The van der Waals surface area contributed by atoms with Gasteiger partial charge in [0.1, 0.15) is 6.04 Å². The highest BCUT2D eigenvalue weighted by atomic mass is 32.2. The molecule has 3 aliphatic heterocycles. The van der Waals surface area contributed by atoms with E-state index < -0.39 is 22.6 Å². The summed E-state index contributed by atoms with van der Waals surface area (Å²) < 4.78 is 4.77. The van der Waals surface area contributed by atoms with Gasteiger partial charge in [0.2, 0.25) is 5.91 Å². The van der Waals surface area contributed by atoms with Crippen LogP contribution in [0.5, 0.6) is 0 Å². The van der Waals surface area contributed by atoms with Gasteiger partial charge in [0, 0.05) is 30.6 Å². The van der Waals surface area contributed by atoms with Crippen molar-refractivity contribution in [1.29, 1.82) is 0 Å². The second-order valence-electron chi connectivity index (χ2n) is 10.1. The summed E-state index contributed by atoms with van der Waals surface area (Å²) in [6.07, 6.45) is 5.37. The largest absolute Gasteiger partial charge is 0.466 e. The fraction of sp³-hybridized carbons (Fsp3) is 0.607. The SMILES string of the molecule is C=CCN(C(=O)C1N(CCCCCO)C(=O)[C@@H]2[C@H](C(=O)OCC)[C@@H]3CCC12S3)c1c(C)cccc1C. The van der Waals surface area contributed by atoms with Crippen LogP contribution in [0.2, 0.25) is 0 Å². The van der Waals surface area contributed by atoms with E-state index in [9.17, 15) is 19.5 Å². The van der Waals surface area contributed by atoms with Gasteiger partial charge in [-0.2, -0.15) is 0 Å². The van der Waals surface area contributed by atoms with Crippen LogP contribution in [0, 0.1) is 25.7 Å². The Morgan fingerprint density at radius 2 is 2.00 bits per heavy atom. The standard InChI is InChI=1S/C28H38N2O5S/c1-5-15-29(23-18(3)11-10-12-19(23)4)26(33)24-28-14-13-20(36-28)21(27(34)35-6-2)22(28)25(32)30(24)16-8-7-9-17-31/h5,10-12,20-22,24,31H,1,6-9,13-17H2,2-4H3/t20-,21+,22-,24?,28?/m0/s1. The van der Waals surface area contributed by atoms with Crippen LogP contribution in [0.3, 0.4) is 0 Å². The number of aliphatic hydroxyl groups is 1. The predicted molar refractivity (Wildman–Crippen MR) is 142 cm³/mol. The first-order valence-corrected chi connectivity index (χ1v) is 13.9. The van der Waals surface area contributed by atoms with Crippen molar-refractivity contribution in [2.45, 2.75) is 68.9 Å². The Morgan fingerprint density at radius 1 is 1.28 bits per heavy atom. The Balaban J connectivity index is 1.76. The Kier molecular flexibility index (Phi) is 8.15. The Morgan fingerprint density at radius 3 is 2.64 bits per heavy atom. The quantitative estimate of drug-likeness (QED) is 0.276. The monoisotopic (exact) mass is 514 g/mol. The van der Waals surface area contributed by atoms with Gasteiger partial charge in [-0.25, -0.2) is 0 Å². The first-order chi connectivity index (χ1) is 17.3. The van der Waals surface area contributed by atoms with E-state index in [1.807, 2.05) is 32.0 Å². The molecule has 3 heterocycles. The summed E-state index contributed by atoms with van der Waals surface area (Å²) in [5.41, 5.74) is 2.84. The molecule has 1 aromatic rings. The molecule has 2 unspecified atom stereocenters. The zero-order valence-corrected chi connectivity index (χ0v) is 22.4. The van der Waals surface area contributed by atoms with Gasteiger partial charge in [0.25, 0.3) is 5.91 Å². The van der Waals surface area contributed by atoms with Crippen molar-refractivity contribution in [3.05, 3.63) is 42.0 Å². The molecule has 3 aliphatic rings. The zero-order chi connectivity index (χ0) is 26.0. The highest BCUT2D eigenvalue weighted by Gasteiger charge is 2.74. The normalized spacial score (nSPS) is 28.3. The number of carbonyl (C=O) groups excluding carboxylic acids is 3. The first kappa shape index (κ1) is 26.7. The second kappa shape index (κ2) is 11.0. The summed E-state index contributed by atoms with van der Waals surface area (Å²) in [7, 11) is 0. The number of fused-ring (bicyclic) bond motifs is 1. The summed E-state index contributed by atoms with van der Waals surface area (Å²) in [4.78, 5) is 45.0. The third-order valence-electron chi connectivity index (χ3n) is 7.94. The van der Waals surface area contributed by atoms with Crippen molar-refractivity contribution >= 4 is 35.2 Å². The summed E-state index contributed by atoms with van der Waals surface area (Å²) in [5.74, 6) is -1.59. The molecule has 0 aromatic heterocycles. The van der Waals surface area contributed by atoms with Crippen molar-refractivity contribution in [3.63, 3.8) is 0 Å². The number of unbranched alkanes of at least 4 members (excludes halogenated alkanes) is 2. The minimum Gasteiger partial charge on any atom is -0.466 e. The van der Waals surface area contributed by atoms with Gasteiger partial charge in [-0.15, -0.1) is 18.3 Å². The predicted octanol–water partition coefficient (Wildman–Crippen LogP) is 3.64. The third kappa shape index (κ3) is 4.36. The van der Waals surface area contributed by atoms with Crippen LogP contribution in [-0.4, -0.2) is 70.1 Å². The molecule has 36 heavy (non-hydrogen) atoms. The molecule has 3 fully saturated rings. The van der Waals surface area contributed by atoms with E-state index in [4.69, 9.17) is 4.74 Å². The third-order valence-corrected chi connectivity index (χ3v) is 9.89. The number of carbonyl (C=O) groups is 3. The number of thioether (sulfide) groups is 1. The van der Waals surface area contributed by atoms with Gasteiger partial charge in [-0.05, 0) is 64.0 Å². The number of aryl methyl sites for hydroxylation is 2. The van der Waals surface area contributed by atoms with Crippen LogP contribution < -0.4 is 4.90 Å². The fourth-order valence-electron chi connectivity index (χ4n) is 6.55. The number of rotatable bonds is 11. The molecule has 3 saturated heterocycles. The van der Waals surface area contributed by atoms with E-state index in [1.165, 1.54) is 0 Å². The zero-order valence-electron chi connectivity index (χ0n) is 21.6. The molecule has 2 amide bonds. The number of anilines is 1. The highest BCUT2D eigenvalue weighted by molar-refractivity contribution is 8.02. The molecule has 1 N–H and O–H groups in total. The molecule has 4 rings (SSSR count). The van der Waals surface area contributed by atoms with E-state index in [2.05, 4.69) is 6.58 Å². The van der Waals surface area contributed by atoms with E-state index in [0.29, 0.717) is 25.9 Å². The molecule has 8 heteroatoms. The molecule has 2 bridgehead atoms. The maximum absolute atomic E-state index is 14.5. The number of amides is 2. The molecule has 196 valence electrons. The summed E-state index contributed by atoms with van der Waals surface area (Å²) in [5, 5.41) is 9.22. The van der Waals surface area contributed by atoms with Crippen molar-refractivity contribution < 1.29 is 24.2 Å². The van der Waals surface area contributed by atoms with Crippen LogP contribution in [0.15, 0.2) is 30.9 Å². The number of benzene rings is 1. The molecule has 5 atom stereocenters. The fourth-order valence-corrected chi connectivity index (χ4v) is 8.75. The topological polar surface area (TPSA) is 87.2 Å². The van der Waals surface area contributed by atoms with E-state index in [-0.39, 0.29) is 36.2 Å². The van der Waals surface area contributed by atoms with Gasteiger partial charge in [0.05, 0.1) is 23.2 Å². The van der Waals surface area contributed by atoms with Crippen LogP contribution in [-0.2, 0) is 19.1 Å². The van der Waals surface area contributed by atoms with Crippen molar-refractivity contribution in [2.24, 2.45) is 11.8 Å². The average Bonchev–Trinajstić information content (AvgIpc) is 3.48. The van der Waals surface area contributed by atoms with Gasteiger partial charge in [-0.3, -0.25) is 14.4 Å². The molecule has 1 spiro atoms. The van der Waals surface area contributed by atoms with Crippen molar-refractivity contribution in [2.75, 3.05) is 31.2 Å². The molecule has 1 aromatic carbocycles. The molecular formula is C28H38N2O5S. The summed E-state index contributed by atoms with van der Waals surface area (Å²) in [6.45, 7) is 10.8. The Hall–Kier alpha value is -2.32. The highest BCUT2D eigenvalue weighted by Crippen LogP contribution is 2.66. The summed E-state index contributed by atoms with van der Waals surface area (Å²) >= 11 is 1.66. The van der Waals surface area contributed by atoms with E-state index >= 15 is 0 Å². The number of hydrogen-bond acceptors (Lipinski definition) is 6.